The summed E-state index contributed by atoms with van der Waals surface area (Å²) in [5.41, 5.74) is 1.21. The van der Waals surface area contributed by atoms with Gasteiger partial charge in [0.25, 0.3) is 0 Å². The molecule has 4 heteroatoms. The summed E-state index contributed by atoms with van der Waals surface area (Å²) >= 11 is 0. The minimum absolute atomic E-state index is 0.0813. The molecule has 0 aromatic heterocycles. The van der Waals surface area contributed by atoms with E-state index in [2.05, 4.69) is 5.32 Å². The molecule has 2 rings (SSSR count). The van der Waals surface area contributed by atoms with Crippen LogP contribution in [-0.2, 0) is 4.79 Å². The SMILES string of the molecule is CC(C)CC(=O)c1ccc2c(c1)NC(=O)CCO2. The summed E-state index contributed by atoms with van der Waals surface area (Å²) in [5, 5.41) is 2.75. The number of ketones is 1. The van der Waals surface area contributed by atoms with Crippen LogP contribution in [0.1, 0.15) is 37.0 Å². The molecule has 1 heterocycles. The first-order chi connectivity index (χ1) is 8.56. The second-order valence-corrected chi connectivity index (χ2v) is 4.88. The molecule has 1 aromatic carbocycles. The van der Waals surface area contributed by atoms with E-state index in [0.29, 0.717) is 42.4 Å². The van der Waals surface area contributed by atoms with Gasteiger partial charge >= 0.3 is 0 Å². The van der Waals surface area contributed by atoms with Crippen LogP contribution in [0.5, 0.6) is 5.75 Å². The molecule has 1 N–H and O–H groups in total. The molecule has 1 aromatic rings. The van der Waals surface area contributed by atoms with Crippen LogP contribution < -0.4 is 10.1 Å². The van der Waals surface area contributed by atoms with Gasteiger partial charge in [-0.05, 0) is 24.1 Å². The number of anilines is 1. The molecule has 4 nitrogen and oxygen atoms in total. The van der Waals surface area contributed by atoms with E-state index in [0.717, 1.165) is 0 Å². The monoisotopic (exact) mass is 247 g/mol. The highest BCUT2D eigenvalue weighted by Crippen LogP contribution is 2.28. The van der Waals surface area contributed by atoms with Gasteiger partial charge in [-0.15, -0.1) is 0 Å². The topological polar surface area (TPSA) is 55.4 Å². The summed E-state index contributed by atoms with van der Waals surface area (Å²) in [4.78, 5) is 23.4. The third kappa shape index (κ3) is 2.88. The van der Waals surface area contributed by atoms with E-state index in [1.54, 1.807) is 18.2 Å². The number of ether oxygens (including phenoxy) is 1. The fourth-order valence-electron chi connectivity index (χ4n) is 1.88. The third-order valence-electron chi connectivity index (χ3n) is 2.76. The van der Waals surface area contributed by atoms with E-state index in [9.17, 15) is 9.59 Å². The lowest BCUT2D eigenvalue weighted by Gasteiger charge is -2.09. The zero-order valence-corrected chi connectivity index (χ0v) is 10.7. The van der Waals surface area contributed by atoms with Gasteiger partial charge in [-0.25, -0.2) is 0 Å². The van der Waals surface area contributed by atoms with Crippen molar-refractivity contribution in [2.45, 2.75) is 26.7 Å². The molecule has 0 saturated carbocycles. The van der Waals surface area contributed by atoms with Crippen molar-refractivity contribution in [2.24, 2.45) is 5.92 Å². The van der Waals surface area contributed by atoms with E-state index >= 15 is 0 Å². The third-order valence-corrected chi connectivity index (χ3v) is 2.76. The van der Waals surface area contributed by atoms with Gasteiger partial charge in [0.2, 0.25) is 5.91 Å². The number of rotatable bonds is 3. The lowest BCUT2D eigenvalue weighted by molar-refractivity contribution is -0.116. The lowest BCUT2D eigenvalue weighted by atomic mass is 10.0. The van der Waals surface area contributed by atoms with Gasteiger partial charge in [-0.1, -0.05) is 13.8 Å². The zero-order chi connectivity index (χ0) is 13.1. The molecule has 0 radical (unpaired) electrons. The van der Waals surface area contributed by atoms with Crippen molar-refractivity contribution < 1.29 is 14.3 Å². The van der Waals surface area contributed by atoms with Gasteiger partial charge < -0.3 is 10.1 Å². The maximum absolute atomic E-state index is 12.0. The average molecular weight is 247 g/mol. The van der Waals surface area contributed by atoms with Crippen LogP contribution in [0.25, 0.3) is 0 Å². The minimum Gasteiger partial charge on any atom is -0.491 e. The summed E-state index contributed by atoms with van der Waals surface area (Å²) in [6.45, 7) is 4.39. The van der Waals surface area contributed by atoms with Crippen LogP contribution in [0, 0.1) is 5.92 Å². The molecule has 0 saturated heterocycles. The lowest BCUT2D eigenvalue weighted by Crippen LogP contribution is -2.11. The maximum Gasteiger partial charge on any atom is 0.227 e. The van der Waals surface area contributed by atoms with Crippen molar-refractivity contribution in [2.75, 3.05) is 11.9 Å². The van der Waals surface area contributed by atoms with Gasteiger partial charge in [0.15, 0.2) is 5.78 Å². The summed E-state index contributed by atoms with van der Waals surface area (Å²) in [7, 11) is 0. The highest BCUT2D eigenvalue weighted by molar-refractivity contribution is 5.99. The number of benzene rings is 1. The molecule has 0 spiro atoms. The molecule has 0 atom stereocenters. The first-order valence-corrected chi connectivity index (χ1v) is 6.16. The molecule has 0 bridgehead atoms. The first-order valence-electron chi connectivity index (χ1n) is 6.16. The molecule has 0 aliphatic carbocycles. The van der Waals surface area contributed by atoms with Crippen LogP contribution in [0.3, 0.4) is 0 Å². The Bertz CT molecular complexity index is 480. The predicted molar refractivity (Wildman–Crippen MR) is 69.0 cm³/mol. The van der Waals surface area contributed by atoms with Gasteiger partial charge in [-0.3, -0.25) is 9.59 Å². The molecule has 1 aliphatic rings. The van der Waals surface area contributed by atoms with Crippen LogP contribution in [0.2, 0.25) is 0 Å². The van der Waals surface area contributed by atoms with Crippen LogP contribution in [-0.4, -0.2) is 18.3 Å². The smallest absolute Gasteiger partial charge is 0.227 e. The number of hydrogen-bond acceptors (Lipinski definition) is 3. The fourth-order valence-corrected chi connectivity index (χ4v) is 1.88. The summed E-state index contributed by atoms with van der Waals surface area (Å²) in [5.74, 6) is 0.956. The van der Waals surface area contributed by atoms with Gasteiger partial charge in [-0.2, -0.15) is 0 Å². The van der Waals surface area contributed by atoms with Crippen molar-refractivity contribution in [1.29, 1.82) is 0 Å². The second kappa shape index (κ2) is 5.21. The Labute approximate surface area is 106 Å². The Hall–Kier alpha value is -1.84. The normalized spacial score (nSPS) is 14.5. The summed E-state index contributed by atoms with van der Waals surface area (Å²) in [6.07, 6.45) is 0.845. The van der Waals surface area contributed by atoms with Crippen molar-refractivity contribution in [3.8, 4) is 5.75 Å². The van der Waals surface area contributed by atoms with E-state index in [4.69, 9.17) is 4.74 Å². The van der Waals surface area contributed by atoms with Crippen LogP contribution >= 0.6 is 0 Å². The van der Waals surface area contributed by atoms with E-state index in [1.807, 2.05) is 13.8 Å². The Morgan fingerprint density at radius 1 is 1.44 bits per heavy atom. The Morgan fingerprint density at radius 2 is 2.22 bits per heavy atom. The number of amides is 1. The molecule has 18 heavy (non-hydrogen) atoms. The van der Waals surface area contributed by atoms with Gasteiger partial charge in [0.05, 0.1) is 18.7 Å². The Morgan fingerprint density at radius 3 is 2.94 bits per heavy atom. The first kappa shape index (κ1) is 12.6. The van der Waals surface area contributed by atoms with E-state index in [-0.39, 0.29) is 11.7 Å². The Kier molecular flexibility index (Phi) is 3.65. The molecule has 1 amide bonds. The number of hydrogen-bond donors (Lipinski definition) is 1. The number of carbonyl (C=O) groups excluding carboxylic acids is 2. The number of carbonyl (C=O) groups is 2. The minimum atomic E-state index is -0.0813. The van der Waals surface area contributed by atoms with E-state index in [1.165, 1.54) is 0 Å². The molecular weight excluding hydrogens is 230 g/mol. The van der Waals surface area contributed by atoms with Crippen LogP contribution in [0.15, 0.2) is 18.2 Å². The van der Waals surface area contributed by atoms with Crippen molar-refractivity contribution in [3.63, 3.8) is 0 Å². The predicted octanol–water partition coefficient (Wildman–Crippen LogP) is 2.64. The van der Waals surface area contributed by atoms with Crippen molar-refractivity contribution in [3.05, 3.63) is 23.8 Å². The largest absolute Gasteiger partial charge is 0.491 e. The highest BCUT2D eigenvalue weighted by Gasteiger charge is 2.16. The molecular formula is C14H17NO3. The standard InChI is InChI=1S/C14H17NO3/c1-9(2)7-12(16)10-3-4-13-11(8-10)15-14(17)5-6-18-13/h3-4,8-9H,5-7H2,1-2H3,(H,15,17). The van der Waals surface area contributed by atoms with Gasteiger partial charge in [0.1, 0.15) is 5.75 Å². The molecule has 96 valence electrons. The van der Waals surface area contributed by atoms with Crippen molar-refractivity contribution in [1.82, 2.24) is 0 Å². The zero-order valence-electron chi connectivity index (χ0n) is 10.7. The van der Waals surface area contributed by atoms with Gasteiger partial charge in [0, 0.05) is 12.0 Å². The number of nitrogens with one attached hydrogen (secondary N) is 1. The highest BCUT2D eigenvalue weighted by atomic mass is 16.5. The molecule has 0 fully saturated rings. The molecule has 0 unspecified atom stereocenters. The number of Topliss-reactive ketones (excluding diaryl/α,β-unsaturated/α-hetero) is 1. The number of fused-ring (bicyclic) bond motifs is 1. The maximum atomic E-state index is 12.0. The second-order valence-electron chi connectivity index (χ2n) is 4.88. The average Bonchev–Trinajstić information content (AvgIpc) is 2.47. The molecule has 1 aliphatic heterocycles. The Balaban J connectivity index is 2.25. The van der Waals surface area contributed by atoms with E-state index < -0.39 is 0 Å². The summed E-state index contributed by atoms with van der Waals surface area (Å²) in [6, 6.07) is 5.19. The van der Waals surface area contributed by atoms with Crippen molar-refractivity contribution >= 4 is 17.4 Å². The summed E-state index contributed by atoms with van der Waals surface area (Å²) < 4.78 is 5.44. The quantitative estimate of drug-likeness (QED) is 0.835. The van der Waals surface area contributed by atoms with Crippen LogP contribution in [0.4, 0.5) is 5.69 Å². The fraction of sp³-hybridized carbons (Fsp3) is 0.429.